The Morgan fingerprint density at radius 1 is 1.00 bits per heavy atom. The molecule has 0 saturated heterocycles. The maximum Gasteiger partial charge on any atom is 0.272 e. The first-order chi connectivity index (χ1) is 17.1. The molecule has 190 valence electrons. The minimum atomic E-state index is -0.139. The third kappa shape index (κ3) is 6.06. The van der Waals surface area contributed by atoms with Gasteiger partial charge < -0.3 is 14.5 Å². The van der Waals surface area contributed by atoms with E-state index in [1.54, 1.807) is 16.9 Å². The van der Waals surface area contributed by atoms with E-state index in [0.717, 1.165) is 83.8 Å². The fraction of sp³-hybridized carbons (Fsp3) is 0.607. The molecule has 0 N–H and O–H groups in total. The van der Waals surface area contributed by atoms with Gasteiger partial charge in [-0.15, -0.1) is 0 Å². The number of fused-ring (bicyclic) bond motifs is 2. The quantitative estimate of drug-likeness (QED) is 0.615. The Balaban J connectivity index is 1.67. The molecule has 2 aromatic rings. The molecule has 0 spiro atoms. The molecule has 1 aromatic carbocycles. The largest absolute Gasteiger partial charge is 0.487 e. The molecule has 2 amide bonds. The van der Waals surface area contributed by atoms with Gasteiger partial charge in [-0.2, -0.15) is 5.10 Å². The highest BCUT2D eigenvalue weighted by Gasteiger charge is 2.36. The molecule has 7 heteroatoms. The number of aryl methyl sites for hydroxylation is 1. The Hall–Kier alpha value is -2.83. The molecule has 2 heterocycles. The summed E-state index contributed by atoms with van der Waals surface area (Å²) in [5, 5.41) is 4.23. The van der Waals surface area contributed by atoms with Crippen molar-refractivity contribution >= 4 is 11.8 Å². The van der Waals surface area contributed by atoms with Crippen molar-refractivity contribution < 1.29 is 14.3 Å². The molecule has 1 fully saturated rings. The second kappa shape index (κ2) is 12.2. The molecular formula is C28H40N4O3. The monoisotopic (exact) mass is 480 g/mol. The number of carbonyl (C=O) groups excluding carboxylic acids is 2. The van der Waals surface area contributed by atoms with Crippen molar-refractivity contribution in [2.24, 2.45) is 7.05 Å². The number of aromatic nitrogens is 2. The number of para-hydroxylation sites is 1. The molecule has 2 atom stereocenters. The highest BCUT2D eigenvalue weighted by molar-refractivity contribution is 5.97. The lowest BCUT2D eigenvalue weighted by Gasteiger charge is -2.40. The number of hydrogen-bond acceptors (Lipinski definition) is 4. The first-order valence-electron chi connectivity index (χ1n) is 13.4. The van der Waals surface area contributed by atoms with Crippen LogP contribution in [-0.4, -0.2) is 63.2 Å². The van der Waals surface area contributed by atoms with E-state index in [-0.39, 0.29) is 24.0 Å². The van der Waals surface area contributed by atoms with Gasteiger partial charge in [0.2, 0.25) is 0 Å². The molecule has 4 rings (SSSR count). The fourth-order valence-electron chi connectivity index (χ4n) is 5.50. The summed E-state index contributed by atoms with van der Waals surface area (Å²) >= 11 is 0. The second-order valence-corrected chi connectivity index (χ2v) is 9.90. The number of carbonyl (C=O) groups is 2. The summed E-state index contributed by atoms with van der Waals surface area (Å²) in [4.78, 5) is 31.3. The maximum atomic E-state index is 13.7. The van der Waals surface area contributed by atoms with Gasteiger partial charge in [-0.3, -0.25) is 14.3 Å². The van der Waals surface area contributed by atoms with Gasteiger partial charge >= 0.3 is 0 Å². The van der Waals surface area contributed by atoms with E-state index >= 15 is 0 Å². The third-order valence-electron chi connectivity index (χ3n) is 7.37. The van der Waals surface area contributed by atoms with Gasteiger partial charge in [-0.25, -0.2) is 0 Å². The van der Waals surface area contributed by atoms with Crippen molar-refractivity contribution in [3.05, 3.63) is 47.8 Å². The molecule has 1 aliphatic heterocycles. The Bertz CT molecular complexity index is 988. The lowest BCUT2D eigenvalue weighted by atomic mass is 9.90. The van der Waals surface area contributed by atoms with Gasteiger partial charge in [0.15, 0.2) is 0 Å². The van der Waals surface area contributed by atoms with Gasteiger partial charge in [0.05, 0.1) is 11.6 Å². The summed E-state index contributed by atoms with van der Waals surface area (Å²) in [6.07, 6.45) is 11.7. The number of amides is 2. The lowest BCUT2D eigenvalue weighted by Crippen LogP contribution is -2.51. The first kappa shape index (κ1) is 25.3. The minimum absolute atomic E-state index is 0.0216. The van der Waals surface area contributed by atoms with Crippen LogP contribution in [0.5, 0.6) is 5.75 Å². The molecule has 1 aliphatic carbocycles. The van der Waals surface area contributed by atoms with Crippen molar-refractivity contribution in [3.63, 3.8) is 0 Å². The Labute approximate surface area is 209 Å². The van der Waals surface area contributed by atoms with E-state index in [0.29, 0.717) is 17.0 Å². The van der Waals surface area contributed by atoms with Crippen LogP contribution >= 0.6 is 0 Å². The van der Waals surface area contributed by atoms with Crippen LogP contribution in [0.15, 0.2) is 36.5 Å². The van der Waals surface area contributed by atoms with E-state index in [9.17, 15) is 9.59 Å². The smallest absolute Gasteiger partial charge is 0.272 e. The number of rotatable bonds is 3. The number of ether oxygens (including phenoxy) is 1. The first-order valence-corrected chi connectivity index (χ1v) is 13.4. The van der Waals surface area contributed by atoms with Crippen LogP contribution in [0, 0.1) is 0 Å². The summed E-state index contributed by atoms with van der Waals surface area (Å²) in [5.41, 5.74) is 1.24. The van der Waals surface area contributed by atoms with Gasteiger partial charge in [0, 0.05) is 32.9 Å². The van der Waals surface area contributed by atoms with Crippen molar-refractivity contribution in [1.82, 2.24) is 19.6 Å². The zero-order valence-electron chi connectivity index (χ0n) is 21.3. The van der Waals surface area contributed by atoms with Crippen LogP contribution in [0.3, 0.4) is 0 Å². The van der Waals surface area contributed by atoms with Crippen molar-refractivity contribution in [3.8, 4) is 5.75 Å². The van der Waals surface area contributed by atoms with Gasteiger partial charge in [-0.1, -0.05) is 44.7 Å². The van der Waals surface area contributed by atoms with Crippen LogP contribution in [0.25, 0.3) is 0 Å². The predicted molar refractivity (Wildman–Crippen MR) is 137 cm³/mol. The summed E-state index contributed by atoms with van der Waals surface area (Å²) in [5.74, 6) is 0.708. The molecule has 0 bridgehead atoms. The Morgan fingerprint density at radius 3 is 2.51 bits per heavy atom. The number of hydrogen-bond donors (Lipinski definition) is 0. The van der Waals surface area contributed by atoms with Crippen molar-refractivity contribution in [1.29, 1.82) is 0 Å². The third-order valence-corrected chi connectivity index (χ3v) is 7.37. The molecule has 0 unspecified atom stereocenters. The lowest BCUT2D eigenvalue weighted by molar-refractivity contribution is 0.0262. The van der Waals surface area contributed by atoms with Crippen LogP contribution < -0.4 is 4.74 Å². The topological polar surface area (TPSA) is 67.7 Å². The second-order valence-electron chi connectivity index (χ2n) is 9.90. The summed E-state index contributed by atoms with van der Waals surface area (Å²) in [7, 11) is 1.82. The zero-order valence-corrected chi connectivity index (χ0v) is 21.3. The highest BCUT2D eigenvalue weighted by atomic mass is 16.5. The fourth-order valence-corrected chi connectivity index (χ4v) is 5.50. The van der Waals surface area contributed by atoms with E-state index < -0.39 is 0 Å². The van der Waals surface area contributed by atoms with Gasteiger partial charge in [0.1, 0.15) is 17.5 Å². The maximum absolute atomic E-state index is 13.7. The van der Waals surface area contributed by atoms with Crippen LogP contribution in [-0.2, 0) is 7.05 Å². The molecule has 2 aliphatic rings. The molecule has 7 nitrogen and oxygen atoms in total. The van der Waals surface area contributed by atoms with Crippen LogP contribution in [0.1, 0.15) is 92.0 Å². The Kier molecular flexibility index (Phi) is 8.83. The molecular weight excluding hydrogens is 440 g/mol. The summed E-state index contributed by atoms with van der Waals surface area (Å²) < 4.78 is 8.30. The molecule has 1 saturated carbocycles. The van der Waals surface area contributed by atoms with E-state index in [4.69, 9.17) is 4.74 Å². The standard InChI is InChI=1S/C28H40N4O3/c1-3-19-31-20-11-5-4-6-12-21-32(28(34)24-17-18-29-30(24)2)23-14-8-10-16-26(23)35-25-15-9-7-13-22(25)27(31)33/h7,9,13,15,17-18,23,26H,3-6,8,10-12,14,16,19-21H2,1-2H3/t23-,26+/m1/s1. The number of benzene rings is 1. The normalized spacial score (nSPS) is 22.4. The average Bonchev–Trinajstić information content (AvgIpc) is 3.30. The van der Waals surface area contributed by atoms with Gasteiger partial charge in [-0.05, 0) is 56.7 Å². The highest BCUT2D eigenvalue weighted by Crippen LogP contribution is 2.31. The van der Waals surface area contributed by atoms with Crippen LogP contribution in [0.2, 0.25) is 0 Å². The predicted octanol–water partition coefficient (Wildman–Crippen LogP) is 5.07. The number of nitrogens with zero attached hydrogens (tertiary/aromatic N) is 4. The van der Waals surface area contributed by atoms with E-state index in [1.807, 2.05) is 41.1 Å². The zero-order chi connectivity index (χ0) is 24.6. The van der Waals surface area contributed by atoms with Crippen molar-refractivity contribution in [2.75, 3.05) is 19.6 Å². The van der Waals surface area contributed by atoms with Crippen molar-refractivity contribution in [2.45, 2.75) is 83.3 Å². The van der Waals surface area contributed by atoms with E-state index in [1.165, 1.54) is 0 Å². The van der Waals surface area contributed by atoms with Crippen LogP contribution in [0.4, 0.5) is 0 Å². The summed E-state index contributed by atoms with van der Waals surface area (Å²) in [6, 6.07) is 9.41. The Morgan fingerprint density at radius 2 is 1.74 bits per heavy atom. The molecule has 35 heavy (non-hydrogen) atoms. The molecule has 0 radical (unpaired) electrons. The van der Waals surface area contributed by atoms with Gasteiger partial charge in [0.25, 0.3) is 11.8 Å². The SMILES string of the molecule is CCCN1CCCCCCCN(C(=O)c2ccnn2C)[C@@H]2CCCC[C@@H]2Oc2ccccc2C1=O. The minimum Gasteiger partial charge on any atom is -0.487 e. The molecule has 1 aromatic heterocycles. The summed E-state index contributed by atoms with van der Waals surface area (Å²) in [6.45, 7) is 4.37. The van der Waals surface area contributed by atoms with E-state index in [2.05, 4.69) is 12.0 Å². The average molecular weight is 481 g/mol.